The van der Waals surface area contributed by atoms with Gasteiger partial charge in [-0.05, 0) is 55.1 Å². The van der Waals surface area contributed by atoms with Crippen LogP contribution in [0.5, 0.6) is 0 Å². The highest BCUT2D eigenvalue weighted by molar-refractivity contribution is 9.10. The van der Waals surface area contributed by atoms with Crippen molar-refractivity contribution in [2.75, 3.05) is 13.6 Å². The Kier molecular flexibility index (Phi) is 4.84. The highest BCUT2D eigenvalue weighted by Gasteiger charge is 2.21. The standard InChI is InChI=1S/C14H24BrN3/c1-4-12-14(15)13(18(5-2)16-12)10-17(3)9-11-7-6-8-11/h11H,4-10H2,1-3H3. The Morgan fingerprint density at radius 3 is 2.61 bits per heavy atom. The second kappa shape index (κ2) is 6.20. The molecule has 0 spiro atoms. The van der Waals surface area contributed by atoms with E-state index < -0.39 is 0 Å². The first-order valence-corrected chi connectivity index (χ1v) is 7.87. The fourth-order valence-electron chi connectivity index (χ4n) is 2.60. The zero-order valence-corrected chi connectivity index (χ0v) is 13.3. The Morgan fingerprint density at radius 2 is 2.11 bits per heavy atom. The minimum atomic E-state index is 0.928. The van der Waals surface area contributed by atoms with Crippen LogP contribution in [0.3, 0.4) is 0 Å². The van der Waals surface area contributed by atoms with Crippen molar-refractivity contribution in [3.8, 4) is 0 Å². The molecule has 1 saturated carbocycles. The van der Waals surface area contributed by atoms with Gasteiger partial charge in [-0.15, -0.1) is 0 Å². The largest absolute Gasteiger partial charge is 0.300 e. The van der Waals surface area contributed by atoms with Gasteiger partial charge in [0.2, 0.25) is 0 Å². The lowest BCUT2D eigenvalue weighted by Crippen LogP contribution is -2.30. The van der Waals surface area contributed by atoms with Crippen LogP contribution in [-0.2, 0) is 19.5 Å². The maximum Gasteiger partial charge on any atom is 0.0767 e. The summed E-state index contributed by atoms with van der Waals surface area (Å²) in [5.74, 6) is 0.928. The van der Waals surface area contributed by atoms with Crippen LogP contribution in [0, 0.1) is 5.92 Å². The average Bonchev–Trinajstić information content (AvgIpc) is 2.61. The van der Waals surface area contributed by atoms with Crippen molar-refractivity contribution in [2.24, 2.45) is 5.92 Å². The number of aryl methyl sites for hydroxylation is 2. The van der Waals surface area contributed by atoms with Crippen LogP contribution < -0.4 is 0 Å². The van der Waals surface area contributed by atoms with Crippen LogP contribution in [0.4, 0.5) is 0 Å². The third-order valence-corrected chi connectivity index (χ3v) is 4.82. The van der Waals surface area contributed by atoms with Gasteiger partial charge in [-0.3, -0.25) is 4.68 Å². The summed E-state index contributed by atoms with van der Waals surface area (Å²) in [4.78, 5) is 2.44. The zero-order chi connectivity index (χ0) is 13.1. The van der Waals surface area contributed by atoms with Crippen molar-refractivity contribution in [3.63, 3.8) is 0 Å². The topological polar surface area (TPSA) is 21.1 Å². The molecule has 1 aliphatic rings. The smallest absolute Gasteiger partial charge is 0.0767 e. The van der Waals surface area contributed by atoms with E-state index in [2.05, 4.69) is 51.5 Å². The second-order valence-corrected chi connectivity index (χ2v) is 6.16. The molecule has 0 N–H and O–H groups in total. The molecule has 0 atom stereocenters. The van der Waals surface area contributed by atoms with Crippen LogP contribution in [0.1, 0.15) is 44.5 Å². The highest BCUT2D eigenvalue weighted by atomic mass is 79.9. The zero-order valence-electron chi connectivity index (χ0n) is 11.7. The summed E-state index contributed by atoms with van der Waals surface area (Å²) < 4.78 is 3.35. The molecule has 1 heterocycles. The molecular formula is C14H24BrN3. The van der Waals surface area contributed by atoms with E-state index in [1.807, 2.05) is 0 Å². The maximum atomic E-state index is 4.66. The minimum absolute atomic E-state index is 0.928. The van der Waals surface area contributed by atoms with E-state index in [1.54, 1.807) is 0 Å². The number of nitrogens with zero attached hydrogens (tertiary/aromatic N) is 3. The van der Waals surface area contributed by atoms with Crippen molar-refractivity contribution < 1.29 is 0 Å². The van der Waals surface area contributed by atoms with E-state index >= 15 is 0 Å². The van der Waals surface area contributed by atoms with Crippen LogP contribution in [0.25, 0.3) is 0 Å². The lowest BCUT2D eigenvalue weighted by atomic mass is 9.85. The number of hydrogen-bond acceptors (Lipinski definition) is 2. The summed E-state index contributed by atoms with van der Waals surface area (Å²) in [6.07, 6.45) is 5.25. The van der Waals surface area contributed by atoms with E-state index in [9.17, 15) is 0 Å². The lowest BCUT2D eigenvalue weighted by molar-refractivity contribution is 0.197. The van der Waals surface area contributed by atoms with E-state index in [0.29, 0.717) is 0 Å². The predicted octanol–water partition coefficient (Wildman–Crippen LogP) is 3.46. The Hall–Kier alpha value is -0.350. The summed E-state index contributed by atoms with van der Waals surface area (Å²) in [5.41, 5.74) is 2.51. The third kappa shape index (κ3) is 2.97. The van der Waals surface area contributed by atoms with Gasteiger partial charge < -0.3 is 4.90 Å². The normalized spacial score (nSPS) is 16.3. The van der Waals surface area contributed by atoms with Crippen molar-refractivity contribution >= 4 is 15.9 Å². The molecule has 1 aliphatic carbocycles. The fraction of sp³-hybridized carbons (Fsp3) is 0.786. The van der Waals surface area contributed by atoms with Crippen LogP contribution in [-0.4, -0.2) is 28.3 Å². The van der Waals surface area contributed by atoms with Gasteiger partial charge in [0.05, 0.1) is 15.9 Å². The van der Waals surface area contributed by atoms with Gasteiger partial charge in [-0.25, -0.2) is 0 Å². The van der Waals surface area contributed by atoms with Crippen LogP contribution >= 0.6 is 15.9 Å². The number of halogens is 1. The summed E-state index contributed by atoms with van der Waals surface area (Å²) in [7, 11) is 2.23. The Balaban J connectivity index is 2.04. The molecule has 1 aromatic heterocycles. The molecule has 0 amide bonds. The molecule has 1 aromatic rings. The van der Waals surface area contributed by atoms with Gasteiger partial charge in [-0.2, -0.15) is 5.10 Å². The van der Waals surface area contributed by atoms with Gasteiger partial charge in [0, 0.05) is 19.6 Å². The van der Waals surface area contributed by atoms with E-state index in [1.165, 1.54) is 41.7 Å². The first-order valence-electron chi connectivity index (χ1n) is 7.08. The molecule has 0 aromatic carbocycles. The number of rotatable bonds is 6. The lowest BCUT2D eigenvalue weighted by Gasteiger charge is -2.30. The minimum Gasteiger partial charge on any atom is -0.300 e. The Labute approximate surface area is 119 Å². The van der Waals surface area contributed by atoms with Crippen molar-refractivity contribution in [1.29, 1.82) is 0 Å². The maximum absolute atomic E-state index is 4.66. The van der Waals surface area contributed by atoms with Gasteiger partial charge in [0.15, 0.2) is 0 Å². The number of aromatic nitrogens is 2. The Bertz CT molecular complexity index is 396. The summed E-state index contributed by atoms with van der Waals surface area (Å²) in [6.45, 7) is 7.50. The molecule has 3 nitrogen and oxygen atoms in total. The summed E-state index contributed by atoms with van der Waals surface area (Å²) in [6, 6.07) is 0. The monoisotopic (exact) mass is 313 g/mol. The first-order chi connectivity index (χ1) is 8.65. The van der Waals surface area contributed by atoms with Crippen molar-refractivity contribution in [1.82, 2.24) is 14.7 Å². The van der Waals surface area contributed by atoms with E-state index in [-0.39, 0.29) is 0 Å². The molecule has 0 radical (unpaired) electrons. The van der Waals surface area contributed by atoms with E-state index in [4.69, 9.17) is 0 Å². The average molecular weight is 314 g/mol. The van der Waals surface area contributed by atoms with E-state index in [0.717, 1.165) is 25.4 Å². The first kappa shape index (κ1) is 14.1. The molecule has 0 unspecified atom stereocenters. The van der Waals surface area contributed by atoms with Gasteiger partial charge >= 0.3 is 0 Å². The molecule has 18 heavy (non-hydrogen) atoms. The quantitative estimate of drug-likeness (QED) is 0.802. The van der Waals surface area contributed by atoms with Gasteiger partial charge in [-0.1, -0.05) is 13.3 Å². The molecule has 0 aliphatic heterocycles. The molecule has 102 valence electrons. The molecule has 4 heteroatoms. The summed E-state index contributed by atoms with van der Waals surface area (Å²) >= 11 is 3.72. The molecule has 2 rings (SSSR count). The Morgan fingerprint density at radius 1 is 1.39 bits per heavy atom. The predicted molar refractivity (Wildman–Crippen MR) is 78.7 cm³/mol. The second-order valence-electron chi connectivity index (χ2n) is 5.37. The highest BCUT2D eigenvalue weighted by Crippen LogP contribution is 2.28. The van der Waals surface area contributed by atoms with Crippen molar-refractivity contribution in [3.05, 3.63) is 15.9 Å². The SMILES string of the molecule is CCc1nn(CC)c(CN(C)CC2CCC2)c1Br. The number of hydrogen-bond donors (Lipinski definition) is 0. The van der Waals surface area contributed by atoms with Crippen molar-refractivity contribution in [2.45, 2.75) is 52.6 Å². The molecule has 0 bridgehead atoms. The molecule has 1 fully saturated rings. The van der Waals surface area contributed by atoms with Crippen LogP contribution in [0.2, 0.25) is 0 Å². The fourth-order valence-corrected chi connectivity index (χ4v) is 3.29. The van der Waals surface area contributed by atoms with Crippen LogP contribution in [0.15, 0.2) is 4.47 Å². The third-order valence-electron chi connectivity index (χ3n) is 3.91. The summed E-state index contributed by atoms with van der Waals surface area (Å²) in [5, 5.41) is 4.66. The molecule has 0 saturated heterocycles. The van der Waals surface area contributed by atoms with Gasteiger partial charge in [0.25, 0.3) is 0 Å². The molecular weight excluding hydrogens is 290 g/mol. The van der Waals surface area contributed by atoms with Gasteiger partial charge in [0.1, 0.15) is 0 Å².